The Morgan fingerprint density at radius 3 is 3.00 bits per heavy atom. The topological polar surface area (TPSA) is 50.1 Å². The summed E-state index contributed by atoms with van der Waals surface area (Å²) in [5, 5.41) is 10.4. The Hall–Kier alpha value is -1.92. The van der Waals surface area contributed by atoms with Gasteiger partial charge >= 0.3 is 0 Å². The third-order valence-corrected chi connectivity index (χ3v) is 3.44. The van der Waals surface area contributed by atoms with Crippen LogP contribution in [0.3, 0.4) is 0 Å². The molecule has 0 aliphatic heterocycles. The predicted molar refractivity (Wildman–Crippen MR) is 82.9 cm³/mol. The van der Waals surface area contributed by atoms with E-state index in [2.05, 4.69) is 15.6 Å². The Bertz CT molecular complexity index is 719. The van der Waals surface area contributed by atoms with Crippen molar-refractivity contribution in [3.8, 4) is 0 Å². The number of rotatable bonds is 2. The van der Waals surface area contributed by atoms with Crippen molar-refractivity contribution in [2.75, 3.05) is 10.6 Å². The van der Waals surface area contributed by atoms with Gasteiger partial charge in [0.25, 0.3) is 0 Å². The summed E-state index contributed by atoms with van der Waals surface area (Å²) in [5.74, 6) is 0.899. The Balaban J connectivity index is 1.75. The van der Waals surface area contributed by atoms with Gasteiger partial charge in [0.05, 0.1) is 0 Å². The highest BCUT2D eigenvalue weighted by molar-refractivity contribution is 7.80. The van der Waals surface area contributed by atoms with Crippen LogP contribution in [-0.4, -0.2) is 10.1 Å². The van der Waals surface area contributed by atoms with Crippen LogP contribution in [0.25, 0.3) is 11.0 Å². The van der Waals surface area contributed by atoms with Gasteiger partial charge in [-0.25, -0.2) is 4.98 Å². The summed E-state index contributed by atoms with van der Waals surface area (Å²) >= 11 is 6.74. The molecular formula is C13H11N3OS2. The number of anilines is 2. The number of hydrogen-bond donors (Lipinski definition) is 2. The Labute approximate surface area is 119 Å². The fraction of sp³-hybridized carbons (Fsp3) is 0.0769. The van der Waals surface area contributed by atoms with E-state index >= 15 is 0 Å². The predicted octanol–water partition coefficient (Wildman–Crippen LogP) is 4.01. The lowest BCUT2D eigenvalue weighted by molar-refractivity contribution is 0.578. The maximum Gasteiger partial charge on any atom is 0.188 e. The molecule has 1 aromatic carbocycles. The number of thiazole rings is 1. The van der Waals surface area contributed by atoms with Crippen molar-refractivity contribution in [2.24, 2.45) is 0 Å². The van der Waals surface area contributed by atoms with Gasteiger partial charge in [0.2, 0.25) is 0 Å². The molecule has 0 aliphatic rings. The van der Waals surface area contributed by atoms with Crippen LogP contribution < -0.4 is 10.6 Å². The van der Waals surface area contributed by atoms with Crippen LogP contribution in [0, 0.1) is 6.92 Å². The van der Waals surface area contributed by atoms with Gasteiger partial charge in [-0.3, -0.25) is 0 Å². The summed E-state index contributed by atoms with van der Waals surface area (Å²) in [5.41, 5.74) is 1.80. The van der Waals surface area contributed by atoms with Crippen LogP contribution in [0.1, 0.15) is 5.76 Å². The second-order valence-corrected chi connectivity index (χ2v) is 5.33. The largest absolute Gasteiger partial charge is 0.461 e. The van der Waals surface area contributed by atoms with E-state index in [9.17, 15) is 0 Å². The summed E-state index contributed by atoms with van der Waals surface area (Å²) in [6.45, 7) is 1.93. The minimum absolute atomic E-state index is 0.523. The van der Waals surface area contributed by atoms with E-state index < -0.39 is 0 Å². The molecule has 0 atom stereocenters. The van der Waals surface area contributed by atoms with Crippen LogP contribution in [0.5, 0.6) is 0 Å². The molecule has 2 aromatic heterocycles. The van der Waals surface area contributed by atoms with Crippen LogP contribution in [-0.2, 0) is 0 Å². The lowest BCUT2D eigenvalue weighted by Gasteiger charge is -2.08. The third-order valence-electron chi connectivity index (χ3n) is 2.55. The zero-order chi connectivity index (χ0) is 13.2. The first kappa shape index (κ1) is 12.1. The quantitative estimate of drug-likeness (QED) is 0.698. The van der Waals surface area contributed by atoms with E-state index in [0.717, 1.165) is 27.5 Å². The van der Waals surface area contributed by atoms with E-state index in [1.807, 2.05) is 36.6 Å². The van der Waals surface area contributed by atoms with E-state index in [4.69, 9.17) is 16.6 Å². The van der Waals surface area contributed by atoms with Crippen molar-refractivity contribution in [3.63, 3.8) is 0 Å². The maximum absolute atomic E-state index is 5.53. The number of benzene rings is 1. The molecule has 0 radical (unpaired) electrons. The normalized spacial score (nSPS) is 10.6. The molecule has 0 spiro atoms. The average Bonchev–Trinajstić information content (AvgIpc) is 2.96. The van der Waals surface area contributed by atoms with Crippen molar-refractivity contribution in [2.45, 2.75) is 6.92 Å². The Kier molecular flexibility index (Phi) is 3.18. The zero-order valence-corrected chi connectivity index (χ0v) is 11.8. The molecule has 2 heterocycles. The standard InChI is InChI=1S/C13H11N3OS2/c1-8-6-9-7-10(2-3-11(9)17-8)15-12(18)16-13-14-4-5-19-13/h2-7H,1H3,(H2,14,15,16,18). The van der Waals surface area contributed by atoms with Gasteiger partial charge in [0.1, 0.15) is 11.3 Å². The fourth-order valence-corrected chi connectivity index (χ4v) is 2.61. The second kappa shape index (κ2) is 4.99. The first-order chi connectivity index (χ1) is 9.20. The molecule has 0 aliphatic carbocycles. The maximum atomic E-state index is 5.53. The summed E-state index contributed by atoms with van der Waals surface area (Å²) < 4.78 is 5.53. The number of furan rings is 1. The molecule has 0 fully saturated rings. The Morgan fingerprint density at radius 1 is 1.32 bits per heavy atom. The summed E-state index contributed by atoms with van der Waals surface area (Å²) in [4.78, 5) is 4.12. The average molecular weight is 289 g/mol. The second-order valence-electron chi connectivity index (χ2n) is 4.03. The highest BCUT2D eigenvalue weighted by Crippen LogP contribution is 2.22. The number of thiocarbonyl (C=S) groups is 1. The monoisotopic (exact) mass is 289 g/mol. The number of nitrogens with one attached hydrogen (secondary N) is 2. The van der Waals surface area contributed by atoms with Crippen LogP contribution in [0.4, 0.5) is 10.8 Å². The van der Waals surface area contributed by atoms with Gasteiger partial charge in [-0.2, -0.15) is 0 Å². The fourth-order valence-electron chi connectivity index (χ4n) is 1.80. The molecule has 2 N–H and O–H groups in total. The van der Waals surface area contributed by atoms with Crippen molar-refractivity contribution in [3.05, 3.63) is 41.6 Å². The van der Waals surface area contributed by atoms with E-state index in [1.54, 1.807) is 6.20 Å². The number of aryl methyl sites for hydroxylation is 1. The SMILES string of the molecule is Cc1cc2cc(NC(=S)Nc3nccs3)ccc2o1. The zero-order valence-electron chi connectivity index (χ0n) is 10.1. The smallest absolute Gasteiger partial charge is 0.188 e. The highest BCUT2D eigenvalue weighted by Gasteiger charge is 2.04. The number of hydrogen-bond acceptors (Lipinski definition) is 4. The molecule has 3 rings (SSSR count). The van der Waals surface area contributed by atoms with Crippen LogP contribution >= 0.6 is 23.6 Å². The molecule has 0 saturated heterocycles. The van der Waals surface area contributed by atoms with E-state index in [1.165, 1.54) is 11.3 Å². The molecule has 6 heteroatoms. The minimum atomic E-state index is 0.523. The molecule has 19 heavy (non-hydrogen) atoms. The van der Waals surface area contributed by atoms with Gasteiger partial charge in [-0.1, -0.05) is 0 Å². The molecule has 0 amide bonds. The highest BCUT2D eigenvalue weighted by atomic mass is 32.1. The molecule has 96 valence electrons. The first-order valence-corrected chi connectivity index (χ1v) is 6.97. The van der Waals surface area contributed by atoms with E-state index in [-0.39, 0.29) is 0 Å². The van der Waals surface area contributed by atoms with Crippen LogP contribution in [0.15, 0.2) is 40.3 Å². The van der Waals surface area contributed by atoms with Gasteiger partial charge in [0.15, 0.2) is 10.2 Å². The molecular weight excluding hydrogens is 278 g/mol. The summed E-state index contributed by atoms with van der Waals surface area (Å²) in [6, 6.07) is 7.86. The Morgan fingerprint density at radius 2 is 2.21 bits per heavy atom. The van der Waals surface area contributed by atoms with Crippen molar-refractivity contribution in [1.29, 1.82) is 0 Å². The minimum Gasteiger partial charge on any atom is -0.461 e. The van der Waals surface area contributed by atoms with Gasteiger partial charge in [0, 0.05) is 22.7 Å². The summed E-state index contributed by atoms with van der Waals surface area (Å²) in [7, 11) is 0. The van der Waals surface area contributed by atoms with E-state index in [0.29, 0.717) is 5.11 Å². The molecule has 3 aromatic rings. The van der Waals surface area contributed by atoms with Crippen molar-refractivity contribution < 1.29 is 4.42 Å². The van der Waals surface area contributed by atoms with Gasteiger partial charge in [-0.05, 0) is 43.4 Å². The summed E-state index contributed by atoms with van der Waals surface area (Å²) in [6.07, 6.45) is 1.73. The van der Waals surface area contributed by atoms with Crippen LogP contribution in [0.2, 0.25) is 0 Å². The third kappa shape index (κ3) is 2.74. The first-order valence-electron chi connectivity index (χ1n) is 5.68. The molecule has 0 unspecified atom stereocenters. The van der Waals surface area contributed by atoms with Crippen molar-refractivity contribution >= 4 is 50.5 Å². The van der Waals surface area contributed by atoms with Crippen molar-refractivity contribution in [1.82, 2.24) is 4.98 Å². The lowest BCUT2D eigenvalue weighted by Crippen LogP contribution is -2.18. The number of fused-ring (bicyclic) bond motifs is 1. The number of nitrogens with zero attached hydrogens (tertiary/aromatic N) is 1. The molecule has 0 bridgehead atoms. The van der Waals surface area contributed by atoms with Gasteiger partial charge < -0.3 is 15.1 Å². The number of aromatic nitrogens is 1. The van der Waals surface area contributed by atoms with Gasteiger partial charge in [-0.15, -0.1) is 11.3 Å². The molecule has 0 saturated carbocycles. The molecule has 4 nitrogen and oxygen atoms in total. The lowest BCUT2D eigenvalue weighted by atomic mass is 10.2.